The Morgan fingerprint density at radius 1 is 0.970 bits per heavy atom. The van der Waals surface area contributed by atoms with Crippen molar-refractivity contribution in [2.45, 2.75) is 51.0 Å². The van der Waals surface area contributed by atoms with Gasteiger partial charge < -0.3 is 5.32 Å². The molecule has 1 aliphatic rings. The number of hydrogen-bond acceptors (Lipinski definition) is 3. The first-order valence-corrected chi connectivity index (χ1v) is 12.8. The van der Waals surface area contributed by atoms with E-state index in [4.69, 9.17) is 11.6 Å². The molecule has 1 amide bonds. The Labute approximate surface area is 200 Å². The molecule has 0 saturated heterocycles. The van der Waals surface area contributed by atoms with E-state index in [0.717, 1.165) is 36.0 Å². The number of nitrogens with one attached hydrogen (secondary N) is 2. The van der Waals surface area contributed by atoms with Crippen LogP contribution in [0.1, 0.15) is 57.6 Å². The number of carbonyl (C=O) groups is 1. The second kappa shape index (κ2) is 9.20. The number of aryl methyl sites for hydroxylation is 4. The van der Waals surface area contributed by atoms with E-state index in [0.29, 0.717) is 5.69 Å². The highest BCUT2D eigenvalue weighted by Crippen LogP contribution is 2.28. The lowest BCUT2D eigenvalue weighted by molar-refractivity contribution is 0.0939. The molecule has 1 atom stereocenters. The molecule has 172 valence electrons. The van der Waals surface area contributed by atoms with Gasteiger partial charge >= 0.3 is 0 Å². The number of halogens is 1. The van der Waals surface area contributed by atoms with Gasteiger partial charge in [0.25, 0.3) is 15.9 Å². The number of anilines is 1. The topological polar surface area (TPSA) is 75.3 Å². The summed E-state index contributed by atoms with van der Waals surface area (Å²) in [5.74, 6) is -0.359. The highest BCUT2D eigenvalue weighted by atomic mass is 35.5. The third kappa shape index (κ3) is 5.07. The first-order chi connectivity index (χ1) is 15.6. The second-order valence-corrected chi connectivity index (χ2v) is 10.7. The van der Waals surface area contributed by atoms with Gasteiger partial charge in [0.1, 0.15) is 4.90 Å². The molecule has 0 aromatic heterocycles. The fraction of sp³-hybridized carbons (Fsp3) is 0.269. The number of carbonyl (C=O) groups excluding carboxylic acids is 1. The smallest absolute Gasteiger partial charge is 0.263 e. The average Bonchev–Trinajstić information content (AvgIpc) is 3.23. The lowest BCUT2D eigenvalue weighted by atomic mass is 10.0. The maximum atomic E-state index is 13.1. The van der Waals surface area contributed by atoms with Crippen molar-refractivity contribution in [1.82, 2.24) is 5.32 Å². The Morgan fingerprint density at radius 2 is 1.73 bits per heavy atom. The maximum absolute atomic E-state index is 13.1. The molecule has 7 heteroatoms. The largest absolute Gasteiger partial charge is 0.346 e. The molecule has 0 radical (unpaired) electrons. The first-order valence-electron chi connectivity index (χ1n) is 11.0. The highest BCUT2D eigenvalue weighted by molar-refractivity contribution is 7.92. The van der Waals surface area contributed by atoms with Crippen molar-refractivity contribution in [2.75, 3.05) is 4.72 Å². The molecule has 0 heterocycles. The molecular weight excluding hydrogens is 456 g/mol. The molecule has 5 nitrogen and oxygen atoms in total. The summed E-state index contributed by atoms with van der Waals surface area (Å²) >= 11 is 6.22. The Morgan fingerprint density at radius 3 is 2.48 bits per heavy atom. The molecule has 3 aromatic rings. The number of amides is 1. The van der Waals surface area contributed by atoms with Crippen molar-refractivity contribution in [2.24, 2.45) is 0 Å². The number of hydrogen-bond donors (Lipinski definition) is 2. The van der Waals surface area contributed by atoms with Crippen LogP contribution in [0.5, 0.6) is 0 Å². The minimum Gasteiger partial charge on any atom is -0.346 e. The minimum atomic E-state index is -3.98. The summed E-state index contributed by atoms with van der Waals surface area (Å²) in [5.41, 5.74) is 6.27. The van der Waals surface area contributed by atoms with Gasteiger partial charge in [-0.05, 0) is 86.6 Å². The van der Waals surface area contributed by atoms with Crippen molar-refractivity contribution < 1.29 is 13.2 Å². The van der Waals surface area contributed by atoms with Crippen LogP contribution in [0.3, 0.4) is 0 Å². The molecule has 1 aliphatic carbocycles. The molecule has 0 saturated carbocycles. The number of rotatable bonds is 6. The van der Waals surface area contributed by atoms with Gasteiger partial charge in [0.15, 0.2) is 0 Å². The molecule has 2 N–H and O–H groups in total. The molecule has 0 fully saturated rings. The van der Waals surface area contributed by atoms with Crippen molar-refractivity contribution in [3.05, 3.63) is 93.0 Å². The Kier molecular flexibility index (Phi) is 6.50. The van der Waals surface area contributed by atoms with Gasteiger partial charge in [-0.25, -0.2) is 8.42 Å². The van der Waals surface area contributed by atoms with Gasteiger partial charge in [0, 0.05) is 5.56 Å². The molecule has 0 spiro atoms. The Hall–Kier alpha value is -2.83. The van der Waals surface area contributed by atoms with E-state index in [1.165, 1.54) is 29.3 Å². The van der Waals surface area contributed by atoms with Gasteiger partial charge in [0.05, 0.1) is 16.8 Å². The summed E-state index contributed by atoms with van der Waals surface area (Å²) in [6, 6.07) is 15.8. The van der Waals surface area contributed by atoms with Crippen LogP contribution < -0.4 is 10.0 Å². The quantitative estimate of drug-likeness (QED) is 0.470. The SMILES string of the molecule is Cc1ccc(NS(=O)(=O)c2cc(C(=O)N[C@H](C)c3ccc4c(c3)CCC4)ccc2Cl)c(C)c1. The van der Waals surface area contributed by atoms with Crippen LogP contribution in [0.2, 0.25) is 5.02 Å². The monoisotopic (exact) mass is 482 g/mol. The summed E-state index contributed by atoms with van der Waals surface area (Å²) in [6.07, 6.45) is 3.34. The van der Waals surface area contributed by atoms with Gasteiger partial charge in [-0.3, -0.25) is 9.52 Å². The first kappa shape index (κ1) is 23.3. The summed E-state index contributed by atoms with van der Waals surface area (Å²) < 4.78 is 28.7. The third-order valence-electron chi connectivity index (χ3n) is 6.08. The zero-order valence-electron chi connectivity index (χ0n) is 18.9. The lowest BCUT2D eigenvalue weighted by Crippen LogP contribution is -2.27. The van der Waals surface area contributed by atoms with E-state index in [2.05, 4.69) is 22.2 Å². The van der Waals surface area contributed by atoms with Crippen LogP contribution in [-0.4, -0.2) is 14.3 Å². The van der Waals surface area contributed by atoms with Crippen LogP contribution in [0.15, 0.2) is 59.5 Å². The van der Waals surface area contributed by atoms with Crippen molar-refractivity contribution in [3.8, 4) is 0 Å². The highest BCUT2D eigenvalue weighted by Gasteiger charge is 2.22. The van der Waals surface area contributed by atoms with E-state index in [9.17, 15) is 13.2 Å². The minimum absolute atomic E-state index is 0.0514. The lowest BCUT2D eigenvalue weighted by Gasteiger charge is -2.17. The van der Waals surface area contributed by atoms with Crippen LogP contribution in [-0.2, 0) is 22.9 Å². The van der Waals surface area contributed by atoms with Gasteiger partial charge in [-0.1, -0.05) is 47.5 Å². The zero-order chi connectivity index (χ0) is 23.8. The second-order valence-electron chi connectivity index (χ2n) is 8.65. The summed E-state index contributed by atoms with van der Waals surface area (Å²) in [6.45, 7) is 5.69. The molecule has 0 aliphatic heterocycles. The van der Waals surface area contributed by atoms with Crippen LogP contribution >= 0.6 is 11.6 Å². The Balaban J connectivity index is 1.55. The Bertz CT molecular complexity index is 1340. The maximum Gasteiger partial charge on any atom is 0.263 e. The molecule has 0 unspecified atom stereocenters. The third-order valence-corrected chi connectivity index (χ3v) is 7.93. The van der Waals surface area contributed by atoms with Crippen LogP contribution in [0, 0.1) is 13.8 Å². The predicted octanol–water partition coefficient (Wildman–Crippen LogP) is 5.74. The van der Waals surface area contributed by atoms with Crippen molar-refractivity contribution >= 4 is 33.2 Å². The van der Waals surface area contributed by atoms with E-state index in [1.54, 1.807) is 6.07 Å². The molecule has 3 aromatic carbocycles. The van der Waals surface area contributed by atoms with Gasteiger partial charge in [-0.2, -0.15) is 0 Å². The summed E-state index contributed by atoms with van der Waals surface area (Å²) in [4.78, 5) is 12.8. The number of benzene rings is 3. The fourth-order valence-electron chi connectivity index (χ4n) is 4.20. The summed E-state index contributed by atoms with van der Waals surface area (Å²) in [5, 5.41) is 3.02. The normalized spacial score (nSPS) is 13.9. The number of sulfonamides is 1. The number of fused-ring (bicyclic) bond motifs is 1. The predicted molar refractivity (Wildman–Crippen MR) is 133 cm³/mol. The van der Waals surface area contributed by atoms with Gasteiger partial charge in [0.2, 0.25) is 0 Å². The summed E-state index contributed by atoms with van der Waals surface area (Å²) in [7, 11) is -3.98. The standard InChI is InChI=1S/C26H27ClN2O3S/c1-16-7-12-24(17(2)13-16)29-33(31,32)25-15-22(10-11-23(25)27)26(30)28-18(3)20-9-8-19-5-4-6-21(19)14-20/h7-15,18,29H,4-6H2,1-3H3,(H,28,30)/t18-/m1/s1. The van der Waals surface area contributed by atoms with Crippen molar-refractivity contribution in [1.29, 1.82) is 0 Å². The van der Waals surface area contributed by atoms with E-state index >= 15 is 0 Å². The van der Waals surface area contributed by atoms with E-state index in [-0.39, 0.29) is 27.4 Å². The zero-order valence-corrected chi connectivity index (χ0v) is 20.5. The van der Waals surface area contributed by atoms with Crippen molar-refractivity contribution in [3.63, 3.8) is 0 Å². The molecular formula is C26H27ClN2O3S. The van der Waals surface area contributed by atoms with Gasteiger partial charge in [-0.15, -0.1) is 0 Å². The van der Waals surface area contributed by atoms with E-state index in [1.807, 2.05) is 39.0 Å². The molecule has 4 rings (SSSR count). The molecule has 33 heavy (non-hydrogen) atoms. The fourth-order valence-corrected chi connectivity index (χ4v) is 5.86. The van der Waals surface area contributed by atoms with E-state index < -0.39 is 10.0 Å². The average molecular weight is 483 g/mol. The van der Waals surface area contributed by atoms with Crippen LogP contribution in [0.25, 0.3) is 0 Å². The molecule has 0 bridgehead atoms. The van der Waals surface area contributed by atoms with Crippen LogP contribution in [0.4, 0.5) is 5.69 Å².